The number of benzene rings is 3. The van der Waals surface area contributed by atoms with Crippen molar-refractivity contribution in [1.82, 2.24) is 9.80 Å². The van der Waals surface area contributed by atoms with Crippen LogP contribution in [-0.2, 0) is 9.59 Å². The maximum atomic E-state index is 13.4. The van der Waals surface area contributed by atoms with E-state index in [4.69, 9.17) is 9.47 Å². The van der Waals surface area contributed by atoms with Crippen molar-refractivity contribution in [2.45, 2.75) is 19.4 Å². The highest BCUT2D eigenvalue weighted by atomic mass is 16.5. The Kier molecular flexibility index (Phi) is 7.94. The topological polar surface area (TPSA) is 79.3 Å². The van der Waals surface area contributed by atoms with Gasteiger partial charge in [-0.25, -0.2) is 0 Å². The van der Waals surface area contributed by atoms with Gasteiger partial charge in [-0.15, -0.1) is 0 Å². The Balaban J connectivity index is 1.82. The lowest BCUT2D eigenvalue weighted by Gasteiger charge is -2.26. The minimum atomic E-state index is -0.772. The van der Waals surface area contributed by atoms with E-state index in [0.717, 1.165) is 12.1 Å². The fraction of sp³-hybridized carbons (Fsp3) is 0.267. The fourth-order valence-electron chi connectivity index (χ4n) is 4.54. The maximum absolute atomic E-state index is 13.4. The highest BCUT2D eigenvalue weighted by Crippen LogP contribution is 2.42. The molecule has 1 aliphatic rings. The molecule has 1 unspecified atom stereocenters. The third-order valence-corrected chi connectivity index (χ3v) is 6.31. The summed E-state index contributed by atoms with van der Waals surface area (Å²) in [5.74, 6) is 0.0479. The molecule has 1 saturated heterocycles. The molecule has 1 N–H and O–H groups in total. The molecule has 7 nitrogen and oxygen atoms in total. The fourth-order valence-corrected chi connectivity index (χ4v) is 4.54. The van der Waals surface area contributed by atoms with Crippen LogP contribution < -0.4 is 9.47 Å². The SMILES string of the molecule is COc1ccc(C)cc1/C(O)=C1\C(=O)C(=O)N(CCCN(C)C)C1c1cccc(Oc2ccccc2)c1. The number of ether oxygens (including phenoxy) is 2. The molecule has 0 radical (unpaired) electrons. The minimum Gasteiger partial charge on any atom is -0.507 e. The largest absolute Gasteiger partial charge is 0.507 e. The van der Waals surface area contributed by atoms with Gasteiger partial charge in [0.05, 0.1) is 24.3 Å². The van der Waals surface area contributed by atoms with Crippen LogP contribution >= 0.6 is 0 Å². The summed E-state index contributed by atoms with van der Waals surface area (Å²) in [4.78, 5) is 30.2. The van der Waals surface area contributed by atoms with E-state index in [2.05, 4.69) is 0 Å². The zero-order valence-corrected chi connectivity index (χ0v) is 21.6. The molecule has 0 spiro atoms. The van der Waals surface area contributed by atoms with Crippen LogP contribution in [0.3, 0.4) is 0 Å². The average Bonchev–Trinajstić information content (AvgIpc) is 3.14. The zero-order valence-electron chi connectivity index (χ0n) is 21.6. The number of ketones is 1. The van der Waals surface area contributed by atoms with Crippen molar-refractivity contribution < 1.29 is 24.2 Å². The van der Waals surface area contributed by atoms with Crippen LogP contribution in [0.25, 0.3) is 5.76 Å². The van der Waals surface area contributed by atoms with Gasteiger partial charge in [-0.1, -0.05) is 42.0 Å². The molecule has 1 heterocycles. The molecule has 7 heteroatoms. The number of carbonyl (C=O) groups excluding carboxylic acids is 2. The first-order valence-electron chi connectivity index (χ1n) is 12.2. The highest BCUT2D eigenvalue weighted by molar-refractivity contribution is 6.46. The van der Waals surface area contributed by atoms with Gasteiger partial charge >= 0.3 is 0 Å². The molecule has 192 valence electrons. The monoisotopic (exact) mass is 500 g/mol. The zero-order chi connectivity index (χ0) is 26.5. The standard InChI is InChI=1S/C30H32N2O5/c1-20-14-15-25(36-4)24(18-20)28(33)26-27(32(30(35)29(26)34)17-9-16-31(2)3)21-10-8-13-23(19-21)37-22-11-6-5-7-12-22/h5-8,10-15,18-19,27,33H,9,16-17H2,1-4H3/b28-26+. The van der Waals surface area contributed by atoms with Gasteiger partial charge < -0.3 is 24.4 Å². The van der Waals surface area contributed by atoms with Crippen molar-refractivity contribution in [3.63, 3.8) is 0 Å². The van der Waals surface area contributed by atoms with E-state index < -0.39 is 17.7 Å². The normalized spacial score (nSPS) is 16.9. The van der Waals surface area contributed by atoms with Crippen LogP contribution in [0, 0.1) is 6.92 Å². The second kappa shape index (κ2) is 11.3. The molecule has 1 aliphatic heterocycles. The van der Waals surface area contributed by atoms with Gasteiger partial charge in [-0.05, 0) is 75.9 Å². The number of hydrogen-bond acceptors (Lipinski definition) is 6. The summed E-state index contributed by atoms with van der Waals surface area (Å²) < 4.78 is 11.5. The molecular weight excluding hydrogens is 468 g/mol. The van der Waals surface area contributed by atoms with Gasteiger partial charge in [-0.2, -0.15) is 0 Å². The highest BCUT2D eigenvalue weighted by Gasteiger charge is 2.46. The van der Waals surface area contributed by atoms with Gasteiger partial charge in [-0.3, -0.25) is 9.59 Å². The van der Waals surface area contributed by atoms with Crippen LogP contribution in [0.2, 0.25) is 0 Å². The van der Waals surface area contributed by atoms with Crippen LogP contribution in [-0.4, -0.2) is 60.9 Å². The van der Waals surface area contributed by atoms with E-state index in [0.29, 0.717) is 41.3 Å². The Labute approximate surface area is 217 Å². The molecule has 1 fully saturated rings. The number of methoxy groups -OCH3 is 1. The van der Waals surface area contributed by atoms with Crippen molar-refractivity contribution in [1.29, 1.82) is 0 Å². The van der Waals surface area contributed by atoms with E-state index in [1.165, 1.54) is 7.11 Å². The Hall–Kier alpha value is -4.10. The Bertz CT molecular complexity index is 1320. The quantitative estimate of drug-likeness (QED) is 0.248. The van der Waals surface area contributed by atoms with Crippen LogP contribution in [0.4, 0.5) is 0 Å². The van der Waals surface area contributed by atoms with E-state index >= 15 is 0 Å². The predicted octanol–water partition coefficient (Wildman–Crippen LogP) is 5.17. The molecule has 0 aromatic heterocycles. The van der Waals surface area contributed by atoms with Crippen molar-refractivity contribution in [3.05, 3.63) is 95.1 Å². The van der Waals surface area contributed by atoms with Gasteiger partial charge in [0.1, 0.15) is 23.0 Å². The number of rotatable bonds is 9. The lowest BCUT2D eigenvalue weighted by Crippen LogP contribution is -2.32. The Morgan fingerprint density at radius 3 is 2.41 bits per heavy atom. The number of para-hydroxylation sites is 1. The number of carbonyl (C=O) groups is 2. The van der Waals surface area contributed by atoms with E-state index in [-0.39, 0.29) is 11.3 Å². The summed E-state index contributed by atoms with van der Waals surface area (Å²) in [7, 11) is 5.42. The molecule has 4 rings (SSSR count). The number of aliphatic hydroxyl groups excluding tert-OH is 1. The lowest BCUT2D eigenvalue weighted by atomic mass is 9.94. The molecule has 0 aliphatic carbocycles. The second-order valence-corrected chi connectivity index (χ2v) is 9.34. The second-order valence-electron chi connectivity index (χ2n) is 9.34. The number of aryl methyl sites for hydroxylation is 1. The summed E-state index contributed by atoms with van der Waals surface area (Å²) in [5, 5.41) is 11.5. The molecular formula is C30H32N2O5. The summed E-state index contributed by atoms with van der Waals surface area (Å²) in [5.41, 5.74) is 1.97. The molecule has 37 heavy (non-hydrogen) atoms. The number of aliphatic hydroxyl groups is 1. The third kappa shape index (κ3) is 5.67. The van der Waals surface area contributed by atoms with Gasteiger partial charge in [0.2, 0.25) is 0 Å². The van der Waals surface area contributed by atoms with E-state index in [9.17, 15) is 14.7 Å². The number of nitrogens with zero attached hydrogens (tertiary/aromatic N) is 2. The van der Waals surface area contributed by atoms with Gasteiger partial charge in [0, 0.05) is 6.54 Å². The number of Topliss-reactive ketones (excluding diaryl/α,β-unsaturated/α-hetero) is 1. The average molecular weight is 501 g/mol. The lowest BCUT2D eigenvalue weighted by molar-refractivity contribution is -0.139. The van der Waals surface area contributed by atoms with E-state index in [1.54, 1.807) is 17.0 Å². The van der Waals surface area contributed by atoms with Gasteiger partial charge in [0.15, 0.2) is 0 Å². The minimum absolute atomic E-state index is 0.0376. The van der Waals surface area contributed by atoms with Gasteiger partial charge in [0.25, 0.3) is 11.7 Å². The van der Waals surface area contributed by atoms with Crippen LogP contribution in [0.5, 0.6) is 17.2 Å². The Morgan fingerprint density at radius 1 is 0.973 bits per heavy atom. The van der Waals surface area contributed by atoms with Crippen molar-refractivity contribution in [2.75, 3.05) is 34.3 Å². The molecule has 3 aromatic rings. The molecule has 0 saturated carbocycles. The molecule has 0 bridgehead atoms. The third-order valence-electron chi connectivity index (χ3n) is 6.31. The number of likely N-dealkylation sites (tertiary alicyclic amines) is 1. The first-order valence-corrected chi connectivity index (χ1v) is 12.2. The number of hydrogen-bond donors (Lipinski definition) is 1. The first kappa shape index (κ1) is 26.0. The molecule has 3 aromatic carbocycles. The number of amides is 1. The van der Waals surface area contributed by atoms with E-state index in [1.807, 2.05) is 86.6 Å². The molecule has 1 amide bonds. The summed E-state index contributed by atoms with van der Waals surface area (Å²) in [6.07, 6.45) is 0.671. The maximum Gasteiger partial charge on any atom is 0.295 e. The summed E-state index contributed by atoms with van der Waals surface area (Å²) in [6.45, 7) is 3.00. The summed E-state index contributed by atoms with van der Waals surface area (Å²) in [6, 6.07) is 21.2. The van der Waals surface area contributed by atoms with Crippen LogP contribution in [0.1, 0.15) is 29.2 Å². The smallest absolute Gasteiger partial charge is 0.295 e. The first-order chi connectivity index (χ1) is 17.8. The predicted molar refractivity (Wildman–Crippen MR) is 143 cm³/mol. The van der Waals surface area contributed by atoms with Crippen LogP contribution in [0.15, 0.2) is 78.4 Å². The van der Waals surface area contributed by atoms with Crippen molar-refractivity contribution in [2.24, 2.45) is 0 Å². The summed E-state index contributed by atoms with van der Waals surface area (Å²) >= 11 is 0. The molecule has 1 atom stereocenters. The van der Waals surface area contributed by atoms with Crippen molar-refractivity contribution >= 4 is 17.4 Å². The van der Waals surface area contributed by atoms with Crippen molar-refractivity contribution in [3.8, 4) is 17.2 Å². The Morgan fingerprint density at radius 2 is 1.70 bits per heavy atom.